The van der Waals surface area contributed by atoms with Crippen LogP contribution in [0.3, 0.4) is 0 Å². The average molecular weight is 608 g/mol. The van der Waals surface area contributed by atoms with Crippen molar-refractivity contribution in [3.8, 4) is 0 Å². The topological polar surface area (TPSA) is 121 Å². The normalized spacial score (nSPS) is 19.0. The summed E-state index contributed by atoms with van der Waals surface area (Å²) in [7, 11) is -2.26. The van der Waals surface area contributed by atoms with E-state index in [1.165, 1.54) is 19.2 Å². The van der Waals surface area contributed by atoms with E-state index in [1.807, 2.05) is 37.3 Å². The largest absolute Gasteiger partial charge is 0.446 e. The molecule has 1 saturated carbocycles. The van der Waals surface area contributed by atoms with Crippen LogP contribution in [-0.4, -0.2) is 61.1 Å². The van der Waals surface area contributed by atoms with Crippen molar-refractivity contribution in [2.75, 3.05) is 24.2 Å². The molecular formula is C33H41N3O6S. The first kappa shape index (κ1) is 30.9. The first-order valence-corrected chi connectivity index (χ1v) is 16.9. The summed E-state index contributed by atoms with van der Waals surface area (Å²) in [6, 6.07) is 14.1. The van der Waals surface area contributed by atoms with E-state index in [2.05, 4.69) is 4.98 Å². The maximum Gasteiger partial charge on any atom is 0.254 e. The van der Waals surface area contributed by atoms with Gasteiger partial charge in [-0.1, -0.05) is 43.2 Å². The highest BCUT2D eigenvalue weighted by Crippen LogP contribution is 2.36. The van der Waals surface area contributed by atoms with Crippen LogP contribution in [0, 0.1) is 18.8 Å². The Morgan fingerprint density at radius 3 is 2.42 bits per heavy atom. The number of aryl methyl sites for hydroxylation is 1. The van der Waals surface area contributed by atoms with Crippen LogP contribution in [0.1, 0.15) is 88.9 Å². The Labute approximate surface area is 254 Å². The number of anilines is 1. The maximum atomic E-state index is 13.9. The van der Waals surface area contributed by atoms with Crippen LogP contribution in [0.4, 0.5) is 5.69 Å². The van der Waals surface area contributed by atoms with Gasteiger partial charge >= 0.3 is 0 Å². The van der Waals surface area contributed by atoms with E-state index in [4.69, 9.17) is 4.42 Å². The summed E-state index contributed by atoms with van der Waals surface area (Å²) in [5.74, 6) is -0.259. The van der Waals surface area contributed by atoms with Gasteiger partial charge in [0.15, 0.2) is 5.78 Å². The SMILES string of the molecule is Cc1coc(C2CCCN2C(=O)c2cc(C(=O)C[C@@H](Cc3ccccc3)[C@H](O)C3CCCC3)cc(N(C)S(C)(=O)=O)c2)n1. The van der Waals surface area contributed by atoms with E-state index in [-0.39, 0.29) is 52.8 Å². The number of likely N-dealkylation sites (tertiary alicyclic amines) is 1. The second kappa shape index (κ2) is 13.0. The summed E-state index contributed by atoms with van der Waals surface area (Å²) in [5, 5.41) is 11.4. The number of aliphatic hydroxyl groups excluding tert-OH is 1. The van der Waals surface area contributed by atoms with Crippen LogP contribution in [-0.2, 0) is 16.4 Å². The summed E-state index contributed by atoms with van der Waals surface area (Å²) in [6.07, 6.45) is 8.12. The van der Waals surface area contributed by atoms with Crippen molar-refractivity contribution in [1.82, 2.24) is 9.88 Å². The highest BCUT2D eigenvalue weighted by Gasteiger charge is 2.35. The molecule has 2 fully saturated rings. The number of aromatic nitrogens is 1. The Kier molecular flexibility index (Phi) is 9.36. The molecule has 230 valence electrons. The lowest BCUT2D eigenvalue weighted by Crippen LogP contribution is -2.32. The number of oxazole rings is 1. The first-order chi connectivity index (χ1) is 20.5. The van der Waals surface area contributed by atoms with Gasteiger partial charge in [-0.3, -0.25) is 13.9 Å². The Balaban J connectivity index is 1.47. The van der Waals surface area contributed by atoms with Crippen molar-refractivity contribution < 1.29 is 27.5 Å². The molecule has 0 bridgehead atoms. The zero-order valence-electron chi connectivity index (χ0n) is 25.1. The molecule has 1 unspecified atom stereocenters. The second-order valence-corrected chi connectivity index (χ2v) is 14.1. The van der Waals surface area contributed by atoms with Crippen molar-refractivity contribution in [2.24, 2.45) is 11.8 Å². The summed E-state index contributed by atoms with van der Waals surface area (Å²) in [5.41, 5.74) is 2.47. The number of amides is 1. The molecule has 1 aromatic heterocycles. The van der Waals surface area contributed by atoms with Crippen LogP contribution in [0.2, 0.25) is 0 Å². The molecule has 1 amide bonds. The third-order valence-electron chi connectivity index (χ3n) is 8.94. The van der Waals surface area contributed by atoms with Gasteiger partial charge in [0.1, 0.15) is 12.3 Å². The number of hydrogen-bond acceptors (Lipinski definition) is 7. The number of rotatable bonds is 11. The first-order valence-electron chi connectivity index (χ1n) is 15.1. The van der Waals surface area contributed by atoms with Gasteiger partial charge in [0, 0.05) is 31.1 Å². The smallest absolute Gasteiger partial charge is 0.254 e. The molecule has 0 spiro atoms. The quantitative estimate of drug-likeness (QED) is 0.292. The van der Waals surface area contributed by atoms with E-state index >= 15 is 0 Å². The molecule has 1 aliphatic heterocycles. The minimum absolute atomic E-state index is 0.0775. The lowest BCUT2D eigenvalue weighted by Gasteiger charge is -2.28. The lowest BCUT2D eigenvalue weighted by molar-refractivity contribution is 0.0456. The summed E-state index contributed by atoms with van der Waals surface area (Å²) in [6.45, 7) is 2.32. The molecular weight excluding hydrogens is 566 g/mol. The Morgan fingerprint density at radius 1 is 1.07 bits per heavy atom. The van der Waals surface area contributed by atoms with Gasteiger partial charge in [0.2, 0.25) is 15.9 Å². The van der Waals surface area contributed by atoms with E-state index in [9.17, 15) is 23.1 Å². The average Bonchev–Trinajstić information content (AvgIpc) is 3.78. The molecule has 1 saturated heterocycles. The zero-order valence-corrected chi connectivity index (χ0v) is 25.9. The number of carbonyl (C=O) groups excluding carboxylic acids is 2. The number of carbonyl (C=O) groups is 2. The van der Waals surface area contributed by atoms with Crippen LogP contribution in [0.5, 0.6) is 0 Å². The minimum Gasteiger partial charge on any atom is -0.446 e. The van der Waals surface area contributed by atoms with Crippen molar-refractivity contribution in [1.29, 1.82) is 0 Å². The highest BCUT2D eigenvalue weighted by molar-refractivity contribution is 7.92. The fourth-order valence-electron chi connectivity index (χ4n) is 6.50. The summed E-state index contributed by atoms with van der Waals surface area (Å²) < 4.78 is 31.7. The highest BCUT2D eigenvalue weighted by atomic mass is 32.2. The predicted octanol–water partition coefficient (Wildman–Crippen LogP) is 5.34. The van der Waals surface area contributed by atoms with E-state index < -0.39 is 16.1 Å². The lowest BCUT2D eigenvalue weighted by atomic mass is 9.81. The van der Waals surface area contributed by atoms with Crippen molar-refractivity contribution in [3.63, 3.8) is 0 Å². The monoisotopic (exact) mass is 607 g/mol. The molecule has 9 nitrogen and oxygen atoms in total. The van der Waals surface area contributed by atoms with Crippen molar-refractivity contribution >= 4 is 27.4 Å². The van der Waals surface area contributed by atoms with Crippen LogP contribution in [0.15, 0.2) is 59.2 Å². The summed E-state index contributed by atoms with van der Waals surface area (Å²) >= 11 is 0. The fourth-order valence-corrected chi connectivity index (χ4v) is 6.99. The van der Waals surface area contributed by atoms with Crippen molar-refractivity contribution in [2.45, 2.75) is 70.4 Å². The molecule has 5 rings (SSSR count). The number of nitrogens with zero attached hydrogens (tertiary/aromatic N) is 3. The number of sulfonamides is 1. The van der Waals surface area contributed by atoms with E-state index in [0.29, 0.717) is 25.3 Å². The van der Waals surface area contributed by atoms with E-state index in [0.717, 1.165) is 53.9 Å². The zero-order chi connectivity index (χ0) is 30.7. The third kappa shape index (κ3) is 7.18. The van der Waals surface area contributed by atoms with E-state index in [1.54, 1.807) is 17.2 Å². The molecule has 2 heterocycles. The standard InChI is InChI=1S/C33H41N3O6S/c1-22-21-42-32(34-22)29-14-9-15-36(29)33(39)27-17-25(18-28(19-27)35(2)43(3,40)41)30(37)20-26(16-23-10-5-4-6-11-23)31(38)24-12-7-8-13-24/h4-6,10-11,17-19,21,24,26,29,31,38H,7-9,12-16,20H2,1-3H3/t26-,29?,31-/m1/s1. The van der Waals surface area contributed by atoms with Gasteiger partial charge < -0.3 is 14.4 Å². The number of aliphatic hydroxyl groups is 1. The van der Waals surface area contributed by atoms with Crippen LogP contribution in [0.25, 0.3) is 0 Å². The molecule has 3 atom stereocenters. The predicted molar refractivity (Wildman–Crippen MR) is 164 cm³/mol. The van der Waals surface area contributed by atoms with Crippen LogP contribution < -0.4 is 4.31 Å². The number of hydrogen-bond donors (Lipinski definition) is 1. The minimum atomic E-state index is -3.67. The Hall–Kier alpha value is -3.50. The van der Waals surface area contributed by atoms with Gasteiger partial charge in [-0.05, 0) is 74.6 Å². The number of Topliss-reactive ketones (excluding diaryl/α,β-unsaturated/α-hetero) is 1. The third-order valence-corrected chi connectivity index (χ3v) is 10.1. The van der Waals surface area contributed by atoms with Crippen LogP contribution >= 0.6 is 0 Å². The molecule has 2 aliphatic rings. The van der Waals surface area contributed by atoms with Gasteiger partial charge in [0.05, 0.1) is 23.7 Å². The molecule has 43 heavy (non-hydrogen) atoms. The van der Waals surface area contributed by atoms with Gasteiger partial charge in [0.25, 0.3) is 5.91 Å². The van der Waals surface area contributed by atoms with Gasteiger partial charge in [-0.15, -0.1) is 0 Å². The molecule has 3 aromatic rings. The molecule has 1 aliphatic carbocycles. The summed E-state index contributed by atoms with van der Waals surface area (Å²) in [4.78, 5) is 34.0. The molecule has 10 heteroatoms. The number of benzene rings is 2. The molecule has 0 radical (unpaired) electrons. The second-order valence-electron chi connectivity index (χ2n) is 12.1. The van der Waals surface area contributed by atoms with Gasteiger partial charge in [-0.2, -0.15) is 0 Å². The van der Waals surface area contributed by atoms with Gasteiger partial charge in [-0.25, -0.2) is 13.4 Å². The molecule has 1 N–H and O–H groups in total. The number of ketones is 1. The van der Waals surface area contributed by atoms with Crippen molar-refractivity contribution in [3.05, 3.63) is 83.1 Å². The Bertz CT molecular complexity index is 1550. The molecule has 2 aromatic carbocycles. The Morgan fingerprint density at radius 2 is 1.77 bits per heavy atom. The fraction of sp³-hybridized carbons (Fsp3) is 0.485. The maximum absolute atomic E-state index is 13.9.